The van der Waals surface area contributed by atoms with Gasteiger partial charge in [0.2, 0.25) is 0 Å². The van der Waals surface area contributed by atoms with E-state index in [-0.39, 0.29) is 24.1 Å². The van der Waals surface area contributed by atoms with E-state index < -0.39 is 0 Å². The van der Waals surface area contributed by atoms with Gasteiger partial charge in [0.25, 0.3) is 0 Å². The van der Waals surface area contributed by atoms with Gasteiger partial charge < -0.3 is 24.5 Å². The maximum Gasteiger partial charge on any atom is 0.154 e. The molecule has 1 aromatic carbocycles. The number of likely N-dealkylation sites (N-methyl/N-ethyl adjacent to an activating group) is 1. The van der Waals surface area contributed by atoms with Crippen LogP contribution in [0.25, 0.3) is 0 Å². The maximum atomic E-state index is 12.2. The third-order valence-electron chi connectivity index (χ3n) is 5.56. The van der Waals surface area contributed by atoms with Crippen molar-refractivity contribution in [2.75, 3.05) is 20.8 Å². The van der Waals surface area contributed by atoms with Gasteiger partial charge in [-0.1, -0.05) is 6.07 Å². The Kier molecular flexibility index (Phi) is 5.76. The van der Waals surface area contributed by atoms with Crippen molar-refractivity contribution in [2.45, 2.75) is 39.0 Å². The fourth-order valence-electron chi connectivity index (χ4n) is 4.31. The molecule has 6 nitrogen and oxygen atoms in total. The molecule has 2 aliphatic rings. The molecule has 4 atom stereocenters. The number of benzene rings is 1. The van der Waals surface area contributed by atoms with E-state index in [0.717, 1.165) is 28.7 Å². The van der Waals surface area contributed by atoms with Crippen LogP contribution >= 0.6 is 0 Å². The van der Waals surface area contributed by atoms with Gasteiger partial charge in [0.15, 0.2) is 6.23 Å². The van der Waals surface area contributed by atoms with Crippen molar-refractivity contribution in [3.05, 3.63) is 52.4 Å². The van der Waals surface area contributed by atoms with E-state index in [1.165, 1.54) is 0 Å². The number of carbonyl (C=O) groups excluding carboxylic acids is 1. The van der Waals surface area contributed by atoms with Crippen LogP contribution in [0.5, 0.6) is 5.75 Å². The molecule has 0 bridgehead atoms. The minimum absolute atomic E-state index is 0.0457. The second-order valence-electron chi connectivity index (χ2n) is 7.31. The molecule has 0 saturated carbocycles. The van der Waals surface area contributed by atoms with Crippen LogP contribution in [0.2, 0.25) is 0 Å². The normalized spacial score (nSPS) is 26.7. The molecule has 3 rings (SSSR count). The predicted molar refractivity (Wildman–Crippen MR) is 107 cm³/mol. The van der Waals surface area contributed by atoms with Crippen molar-refractivity contribution >= 4 is 6.29 Å². The molecule has 0 fully saturated rings. The molecule has 28 heavy (non-hydrogen) atoms. The molecule has 0 aliphatic carbocycles. The predicted octanol–water partition coefficient (Wildman–Crippen LogP) is 2.92. The van der Waals surface area contributed by atoms with Crippen molar-refractivity contribution in [3.8, 4) is 11.8 Å². The number of rotatable bonds is 5. The summed E-state index contributed by atoms with van der Waals surface area (Å²) in [5.41, 5.74) is 4.58. The molecule has 0 radical (unpaired) electrons. The van der Waals surface area contributed by atoms with Crippen LogP contribution in [0, 0.1) is 17.2 Å². The fourth-order valence-corrected chi connectivity index (χ4v) is 4.31. The van der Waals surface area contributed by atoms with Gasteiger partial charge in [0.05, 0.1) is 18.7 Å². The highest BCUT2D eigenvalue weighted by molar-refractivity contribution is 5.64. The summed E-state index contributed by atoms with van der Waals surface area (Å²) < 4.78 is 11.7. The maximum absolute atomic E-state index is 12.2. The molecule has 2 aliphatic heterocycles. The lowest BCUT2D eigenvalue weighted by molar-refractivity contribution is -0.112. The molecule has 0 aromatic heterocycles. The summed E-state index contributed by atoms with van der Waals surface area (Å²) in [4.78, 5) is 14.2. The van der Waals surface area contributed by atoms with E-state index in [1.807, 2.05) is 31.9 Å². The Balaban J connectivity index is 2.25. The number of nitriles is 1. The lowest BCUT2D eigenvalue weighted by atomic mass is 9.72. The zero-order valence-electron chi connectivity index (χ0n) is 17.0. The number of carbonyl (C=O) groups is 1. The van der Waals surface area contributed by atoms with Crippen LogP contribution < -0.4 is 10.1 Å². The molecule has 4 unspecified atom stereocenters. The van der Waals surface area contributed by atoms with Crippen LogP contribution in [0.3, 0.4) is 0 Å². The lowest BCUT2D eigenvalue weighted by Crippen LogP contribution is -2.50. The molecule has 0 saturated heterocycles. The van der Waals surface area contributed by atoms with E-state index >= 15 is 0 Å². The number of nitrogens with zero attached hydrogens (tertiary/aromatic N) is 2. The van der Waals surface area contributed by atoms with E-state index in [4.69, 9.17) is 9.47 Å². The molecule has 2 heterocycles. The number of methoxy groups -OCH3 is 1. The number of nitrogens with one attached hydrogen (secondary N) is 1. The van der Waals surface area contributed by atoms with Crippen molar-refractivity contribution in [1.82, 2.24) is 10.2 Å². The first-order chi connectivity index (χ1) is 13.5. The van der Waals surface area contributed by atoms with Gasteiger partial charge in [-0.15, -0.1) is 0 Å². The first-order valence-electron chi connectivity index (χ1n) is 9.53. The van der Waals surface area contributed by atoms with Gasteiger partial charge in [-0.05, 0) is 38.5 Å². The summed E-state index contributed by atoms with van der Waals surface area (Å²) in [7, 11) is 3.57. The molecular formula is C22H27N3O3. The molecule has 6 heteroatoms. The van der Waals surface area contributed by atoms with Crippen molar-refractivity contribution in [3.63, 3.8) is 0 Å². The minimum Gasteiger partial charge on any atom is -0.496 e. The average Bonchev–Trinajstić information content (AvgIpc) is 2.70. The van der Waals surface area contributed by atoms with E-state index in [9.17, 15) is 10.1 Å². The average molecular weight is 381 g/mol. The Morgan fingerprint density at radius 2 is 2.14 bits per heavy atom. The van der Waals surface area contributed by atoms with E-state index in [0.29, 0.717) is 17.9 Å². The van der Waals surface area contributed by atoms with Crippen molar-refractivity contribution in [1.29, 1.82) is 5.26 Å². The van der Waals surface area contributed by atoms with Crippen molar-refractivity contribution in [2.24, 2.45) is 5.92 Å². The third kappa shape index (κ3) is 3.27. The Bertz CT molecular complexity index is 868. The second-order valence-corrected chi connectivity index (χ2v) is 7.31. The Hall–Kier alpha value is -2.78. The SMILES string of the molecule is CCOC1C2=C(NC(C)C(C=O)C2c2ccc(C#N)cc2OC)C(C)=CN1C. The molecular weight excluding hydrogens is 354 g/mol. The van der Waals surface area contributed by atoms with Crippen LogP contribution in [0.15, 0.2) is 41.2 Å². The third-order valence-corrected chi connectivity index (χ3v) is 5.56. The zero-order valence-corrected chi connectivity index (χ0v) is 17.0. The first-order valence-corrected chi connectivity index (χ1v) is 9.53. The standard InChI is InChI=1S/C22H27N3O3/c1-6-28-22-20-19(16-8-7-15(10-23)9-18(16)27-5)17(12-26)14(3)24-21(20)13(2)11-25(22)4/h7-9,11-12,14,17,19,22,24H,6H2,1-5H3. The number of aldehydes is 1. The Labute approximate surface area is 166 Å². The quantitative estimate of drug-likeness (QED) is 0.791. The number of allylic oxidation sites excluding steroid dienone is 1. The minimum atomic E-state index is -0.289. The number of hydrogen-bond donors (Lipinski definition) is 1. The molecule has 1 aromatic rings. The van der Waals surface area contributed by atoms with Crippen LogP contribution in [-0.2, 0) is 9.53 Å². The smallest absolute Gasteiger partial charge is 0.154 e. The second kappa shape index (κ2) is 8.07. The topological polar surface area (TPSA) is 74.6 Å². The van der Waals surface area contributed by atoms with Gasteiger partial charge >= 0.3 is 0 Å². The van der Waals surface area contributed by atoms with E-state index in [1.54, 1.807) is 19.2 Å². The van der Waals surface area contributed by atoms with Gasteiger partial charge in [-0.3, -0.25) is 0 Å². The Morgan fingerprint density at radius 3 is 2.75 bits per heavy atom. The van der Waals surface area contributed by atoms with Gasteiger partial charge in [-0.25, -0.2) is 0 Å². The molecule has 1 N–H and O–H groups in total. The molecule has 0 spiro atoms. The zero-order chi connectivity index (χ0) is 20.4. The summed E-state index contributed by atoms with van der Waals surface area (Å²) in [6.07, 6.45) is 2.80. The van der Waals surface area contributed by atoms with Gasteiger partial charge in [-0.2, -0.15) is 5.26 Å². The number of hydrogen-bond acceptors (Lipinski definition) is 6. The lowest BCUT2D eigenvalue weighted by Gasteiger charge is -2.46. The van der Waals surface area contributed by atoms with Crippen LogP contribution in [0.1, 0.15) is 37.8 Å². The largest absolute Gasteiger partial charge is 0.496 e. The molecule has 0 amide bonds. The highest BCUT2D eigenvalue weighted by Crippen LogP contribution is 2.46. The summed E-state index contributed by atoms with van der Waals surface area (Å²) in [6.45, 7) is 6.60. The highest BCUT2D eigenvalue weighted by atomic mass is 16.5. The Morgan fingerprint density at radius 1 is 1.39 bits per heavy atom. The summed E-state index contributed by atoms with van der Waals surface area (Å²) >= 11 is 0. The summed E-state index contributed by atoms with van der Waals surface area (Å²) in [5, 5.41) is 12.8. The van der Waals surface area contributed by atoms with Gasteiger partial charge in [0, 0.05) is 54.6 Å². The summed E-state index contributed by atoms with van der Waals surface area (Å²) in [6, 6.07) is 7.51. The molecule has 148 valence electrons. The van der Waals surface area contributed by atoms with Crippen LogP contribution in [-0.4, -0.2) is 44.2 Å². The highest BCUT2D eigenvalue weighted by Gasteiger charge is 2.44. The fraction of sp³-hybridized carbons (Fsp3) is 0.455. The number of ether oxygens (including phenoxy) is 2. The van der Waals surface area contributed by atoms with Crippen LogP contribution in [0.4, 0.5) is 0 Å². The van der Waals surface area contributed by atoms with E-state index in [2.05, 4.69) is 24.5 Å². The van der Waals surface area contributed by atoms with Crippen molar-refractivity contribution < 1.29 is 14.3 Å². The van der Waals surface area contributed by atoms with Gasteiger partial charge in [0.1, 0.15) is 12.0 Å². The summed E-state index contributed by atoms with van der Waals surface area (Å²) in [5.74, 6) is 0.110. The monoisotopic (exact) mass is 381 g/mol. The first kappa shape index (κ1) is 20.0.